The number of fused-ring (bicyclic) bond motifs is 1. The molecule has 3 nitrogen and oxygen atoms in total. The lowest BCUT2D eigenvalue weighted by molar-refractivity contribution is 0.472. The predicted octanol–water partition coefficient (Wildman–Crippen LogP) is 4.42. The predicted molar refractivity (Wildman–Crippen MR) is 86.6 cm³/mol. The smallest absolute Gasteiger partial charge is 0.128 e. The SMILES string of the molecule is Cc1cncc(NC(C)c2ccc3ccccc3c2O)c1. The number of hydrogen-bond acceptors (Lipinski definition) is 3. The number of anilines is 1. The molecule has 1 heterocycles. The number of hydrogen-bond donors (Lipinski definition) is 2. The van der Waals surface area contributed by atoms with Gasteiger partial charge in [0.2, 0.25) is 0 Å². The van der Waals surface area contributed by atoms with E-state index < -0.39 is 0 Å². The molecular formula is C18H18N2O. The van der Waals surface area contributed by atoms with Crippen LogP contribution in [0.15, 0.2) is 54.9 Å². The van der Waals surface area contributed by atoms with Crippen LogP contribution in [0.4, 0.5) is 5.69 Å². The van der Waals surface area contributed by atoms with Gasteiger partial charge in [0.15, 0.2) is 0 Å². The Hall–Kier alpha value is -2.55. The Bertz CT molecular complexity index is 783. The molecule has 0 radical (unpaired) electrons. The van der Waals surface area contributed by atoms with E-state index in [-0.39, 0.29) is 6.04 Å². The third-order valence-electron chi connectivity index (χ3n) is 3.66. The van der Waals surface area contributed by atoms with Crippen LogP contribution in [0.5, 0.6) is 5.75 Å². The maximum absolute atomic E-state index is 10.5. The summed E-state index contributed by atoms with van der Waals surface area (Å²) < 4.78 is 0. The van der Waals surface area contributed by atoms with Crippen LogP contribution in [0.2, 0.25) is 0 Å². The number of phenols is 1. The highest BCUT2D eigenvalue weighted by atomic mass is 16.3. The first-order valence-electron chi connectivity index (χ1n) is 7.04. The molecule has 2 aromatic carbocycles. The van der Waals surface area contributed by atoms with Crippen LogP contribution in [0.25, 0.3) is 10.8 Å². The molecule has 3 aromatic rings. The summed E-state index contributed by atoms with van der Waals surface area (Å²) in [4.78, 5) is 4.18. The van der Waals surface area contributed by atoms with Gasteiger partial charge in [-0.05, 0) is 30.9 Å². The van der Waals surface area contributed by atoms with Crippen molar-refractivity contribution in [3.8, 4) is 5.75 Å². The summed E-state index contributed by atoms with van der Waals surface area (Å²) in [7, 11) is 0. The van der Waals surface area contributed by atoms with Gasteiger partial charge in [0.1, 0.15) is 5.75 Å². The quantitative estimate of drug-likeness (QED) is 0.745. The van der Waals surface area contributed by atoms with E-state index in [2.05, 4.69) is 10.3 Å². The highest BCUT2D eigenvalue weighted by Crippen LogP contribution is 2.33. The van der Waals surface area contributed by atoms with Gasteiger partial charge in [0, 0.05) is 23.3 Å². The fraction of sp³-hybridized carbons (Fsp3) is 0.167. The highest BCUT2D eigenvalue weighted by molar-refractivity contribution is 5.89. The van der Waals surface area contributed by atoms with Crippen LogP contribution < -0.4 is 5.32 Å². The van der Waals surface area contributed by atoms with Gasteiger partial charge in [0.05, 0.1) is 11.7 Å². The first-order valence-corrected chi connectivity index (χ1v) is 7.04. The Kier molecular flexibility index (Phi) is 3.48. The van der Waals surface area contributed by atoms with Crippen molar-refractivity contribution in [1.82, 2.24) is 4.98 Å². The lowest BCUT2D eigenvalue weighted by Gasteiger charge is -2.18. The van der Waals surface area contributed by atoms with Crippen molar-refractivity contribution in [2.24, 2.45) is 0 Å². The molecule has 0 amide bonds. The molecule has 1 atom stereocenters. The monoisotopic (exact) mass is 278 g/mol. The van der Waals surface area contributed by atoms with Crippen LogP contribution in [0.1, 0.15) is 24.1 Å². The average molecular weight is 278 g/mol. The normalized spacial score (nSPS) is 12.3. The lowest BCUT2D eigenvalue weighted by atomic mass is 10.0. The lowest BCUT2D eigenvalue weighted by Crippen LogP contribution is -2.07. The number of phenolic OH excluding ortho intramolecular Hbond substituents is 1. The molecule has 0 saturated carbocycles. The summed E-state index contributed by atoms with van der Waals surface area (Å²) in [5.74, 6) is 0.341. The Balaban J connectivity index is 1.94. The topological polar surface area (TPSA) is 45.2 Å². The van der Waals surface area contributed by atoms with Crippen LogP contribution in [0.3, 0.4) is 0 Å². The minimum atomic E-state index is -0.00166. The molecule has 0 aliphatic rings. The Morgan fingerprint density at radius 2 is 1.90 bits per heavy atom. The molecule has 1 aromatic heterocycles. The highest BCUT2D eigenvalue weighted by Gasteiger charge is 2.13. The van der Waals surface area contributed by atoms with Crippen LogP contribution in [-0.4, -0.2) is 10.1 Å². The first-order chi connectivity index (χ1) is 10.1. The van der Waals surface area contributed by atoms with Gasteiger partial charge in [-0.25, -0.2) is 0 Å². The molecule has 2 N–H and O–H groups in total. The second-order valence-corrected chi connectivity index (χ2v) is 5.34. The summed E-state index contributed by atoms with van der Waals surface area (Å²) in [5, 5.41) is 15.8. The molecule has 1 unspecified atom stereocenters. The number of aromatic nitrogens is 1. The van der Waals surface area contributed by atoms with Gasteiger partial charge >= 0.3 is 0 Å². The molecule has 0 aliphatic carbocycles. The largest absolute Gasteiger partial charge is 0.507 e. The number of aromatic hydroxyl groups is 1. The molecule has 106 valence electrons. The van der Waals surface area contributed by atoms with Gasteiger partial charge in [-0.3, -0.25) is 4.98 Å². The van der Waals surface area contributed by atoms with E-state index in [1.165, 1.54) is 0 Å². The fourth-order valence-electron chi connectivity index (χ4n) is 2.58. The standard InChI is InChI=1S/C18H18N2O/c1-12-9-15(11-19-10-12)20-13(2)16-8-7-14-5-3-4-6-17(14)18(16)21/h3-11,13,20-21H,1-2H3. The second kappa shape index (κ2) is 5.44. The number of benzene rings is 2. The van der Waals surface area contributed by atoms with Crippen molar-refractivity contribution >= 4 is 16.5 Å². The molecule has 0 saturated heterocycles. The third kappa shape index (κ3) is 2.68. The minimum Gasteiger partial charge on any atom is -0.507 e. The molecule has 21 heavy (non-hydrogen) atoms. The first kappa shape index (κ1) is 13.4. The molecular weight excluding hydrogens is 260 g/mol. The molecule has 3 heteroatoms. The maximum Gasteiger partial charge on any atom is 0.128 e. The molecule has 3 rings (SSSR count). The summed E-state index contributed by atoms with van der Waals surface area (Å²) in [6.07, 6.45) is 3.62. The van der Waals surface area contributed by atoms with Gasteiger partial charge in [-0.2, -0.15) is 0 Å². The number of aryl methyl sites for hydroxylation is 1. The van der Waals surface area contributed by atoms with Crippen molar-refractivity contribution in [3.05, 3.63) is 66.0 Å². The minimum absolute atomic E-state index is 0.00166. The van der Waals surface area contributed by atoms with E-state index in [4.69, 9.17) is 0 Å². The third-order valence-corrected chi connectivity index (χ3v) is 3.66. The van der Waals surface area contributed by atoms with Gasteiger partial charge < -0.3 is 10.4 Å². The summed E-state index contributed by atoms with van der Waals surface area (Å²) in [6, 6.07) is 13.9. The van der Waals surface area contributed by atoms with Crippen LogP contribution in [0, 0.1) is 6.92 Å². The van der Waals surface area contributed by atoms with Crippen LogP contribution >= 0.6 is 0 Å². The van der Waals surface area contributed by atoms with Gasteiger partial charge in [-0.15, -0.1) is 0 Å². The van der Waals surface area contributed by atoms with E-state index in [9.17, 15) is 5.11 Å². The van der Waals surface area contributed by atoms with Crippen molar-refractivity contribution in [1.29, 1.82) is 0 Å². The van der Waals surface area contributed by atoms with Crippen molar-refractivity contribution in [2.45, 2.75) is 19.9 Å². The fourth-order valence-corrected chi connectivity index (χ4v) is 2.58. The van der Waals surface area contributed by atoms with Gasteiger partial charge in [0.25, 0.3) is 0 Å². The Morgan fingerprint density at radius 3 is 2.71 bits per heavy atom. The zero-order valence-electron chi connectivity index (χ0n) is 12.2. The van der Waals surface area contributed by atoms with E-state index in [1.54, 1.807) is 6.20 Å². The second-order valence-electron chi connectivity index (χ2n) is 5.34. The summed E-state index contributed by atoms with van der Waals surface area (Å²) in [6.45, 7) is 4.04. The summed E-state index contributed by atoms with van der Waals surface area (Å²) >= 11 is 0. The van der Waals surface area contributed by atoms with Crippen molar-refractivity contribution in [3.63, 3.8) is 0 Å². The number of rotatable bonds is 3. The molecule has 0 bridgehead atoms. The maximum atomic E-state index is 10.5. The molecule has 0 aliphatic heterocycles. The molecule has 0 fully saturated rings. The Labute approximate surface area is 124 Å². The zero-order chi connectivity index (χ0) is 14.8. The Morgan fingerprint density at radius 1 is 1.10 bits per heavy atom. The van der Waals surface area contributed by atoms with Crippen molar-refractivity contribution < 1.29 is 5.11 Å². The van der Waals surface area contributed by atoms with E-state index in [0.717, 1.165) is 27.6 Å². The van der Waals surface area contributed by atoms with E-state index in [0.29, 0.717) is 5.75 Å². The summed E-state index contributed by atoms with van der Waals surface area (Å²) in [5.41, 5.74) is 2.94. The van der Waals surface area contributed by atoms with E-state index >= 15 is 0 Å². The number of nitrogens with one attached hydrogen (secondary N) is 1. The molecule has 0 spiro atoms. The number of pyridine rings is 1. The average Bonchev–Trinajstić information content (AvgIpc) is 2.48. The van der Waals surface area contributed by atoms with Gasteiger partial charge in [-0.1, -0.05) is 36.4 Å². The van der Waals surface area contributed by atoms with E-state index in [1.807, 2.05) is 62.5 Å². The van der Waals surface area contributed by atoms with Crippen molar-refractivity contribution in [2.75, 3.05) is 5.32 Å². The number of nitrogens with zero attached hydrogens (tertiary/aromatic N) is 1. The zero-order valence-corrected chi connectivity index (χ0v) is 12.2. The van der Waals surface area contributed by atoms with Crippen LogP contribution in [-0.2, 0) is 0 Å².